The van der Waals surface area contributed by atoms with Crippen LogP contribution in [-0.4, -0.2) is 32.3 Å². The van der Waals surface area contributed by atoms with Crippen LogP contribution in [0.4, 0.5) is 19.3 Å². The van der Waals surface area contributed by atoms with Gasteiger partial charge >= 0.3 is 6.09 Å². The molecule has 1 saturated heterocycles. The number of alkyl carbamates (subject to hydrolysis) is 1. The van der Waals surface area contributed by atoms with Gasteiger partial charge in [-0.15, -0.1) is 0 Å². The lowest BCUT2D eigenvalue weighted by Crippen LogP contribution is -2.50. The number of carbonyl (C=O) groups excluding carboxylic acids is 1. The van der Waals surface area contributed by atoms with E-state index in [2.05, 4.69) is 10.1 Å². The fraction of sp³-hybridized carbons (Fsp3) is 0.500. The number of halogens is 2. The van der Waals surface area contributed by atoms with Crippen molar-refractivity contribution in [1.82, 2.24) is 5.32 Å². The summed E-state index contributed by atoms with van der Waals surface area (Å²) < 4.78 is 31.4. The Morgan fingerprint density at radius 2 is 2.15 bits per heavy atom. The summed E-state index contributed by atoms with van der Waals surface area (Å²) >= 11 is 0. The number of ether oxygens (including phenoxy) is 1. The van der Waals surface area contributed by atoms with E-state index in [-0.39, 0.29) is 12.0 Å². The van der Waals surface area contributed by atoms with Crippen molar-refractivity contribution in [2.75, 3.05) is 25.1 Å². The molecule has 0 radical (unpaired) electrons. The van der Waals surface area contributed by atoms with Gasteiger partial charge in [-0.05, 0) is 24.5 Å². The van der Waals surface area contributed by atoms with E-state index in [4.69, 9.17) is 0 Å². The average molecular weight is 284 g/mol. The summed E-state index contributed by atoms with van der Waals surface area (Å²) in [7, 11) is 1.30. The third kappa shape index (κ3) is 3.37. The molecule has 0 saturated carbocycles. The first-order chi connectivity index (χ1) is 9.49. The highest BCUT2D eigenvalue weighted by molar-refractivity contribution is 5.67. The Labute approximate surface area is 116 Å². The molecule has 1 N–H and O–H groups in total. The normalized spacial score (nSPS) is 22.5. The Bertz CT molecular complexity index is 496. The van der Waals surface area contributed by atoms with Crippen LogP contribution in [-0.2, 0) is 4.74 Å². The van der Waals surface area contributed by atoms with Crippen LogP contribution in [0.3, 0.4) is 0 Å². The third-order valence-corrected chi connectivity index (χ3v) is 3.42. The average Bonchev–Trinajstić information content (AvgIpc) is 2.37. The Hall–Kier alpha value is -1.85. The van der Waals surface area contributed by atoms with Crippen molar-refractivity contribution in [2.24, 2.45) is 5.92 Å². The number of amides is 1. The maximum Gasteiger partial charge on any atom is 0.407 e. The van der Waals surface area contributed by atoms with Gasteiger partial charge in [0, 0.05) is 25.2 Å². The molecule has 6 heteroatoms. The molecule has 1 fully saturated rings. The number of nitrogens with one attached hydrogen (secondary N) is 1. The number of benzene rings is 1. The zero-order valence-electron chi connectivity index (χ0n) is 11.5. The number of rotatable bonds is 2. The number of piperidine rings is 1. The quantitative estimate of drug-likeness (QED) is 0.907. The van der Waals surface area contributed by atoms with Gasteiger partial charge in [0.05, 0.1) is 12.8 Å². The van der Waals surface area contributed by atoms with E-state index in [0.29, 0.717) is 18.8 Å². The molecular formula is C14H18F2N2O2. The largest absolute Gasteiger partial charge is 0.453 e. The molecule has 20 heavy (non-hydrogen) atoms. The van der Waals surface area contributed by atoms with Crippen LogP contribution in [0, 0.1) is 17.6 Å². The molecule has 1 aromatic rings. The molecule has 0 aliphatic carbocycles. The van der Waals surface area contributed by atoms with E-state index >= 15 is 0 Å². The minimum absolute atomic E-state index is 0.115. The molecule has 4 nitrogen and oxygen atoms in total. The van der Waals surface area contributed by atoms with Crippen molar-refractivity contribution < 1.29 is 18.3 Å². The molecule has 110 valence electrons. The van der Waals surface area contributed by atoms with Crippen LogP contribution >= 0.6 is 0 Å². The lowest BCUT2D eigenvalue weighted by atomic mass is 9.95. The topological polar surface area (TPSA) is 41.6 Å². The summed E-state index contributed by atoms with van der Waals surface area (Å²) in [4.78, 5) is 13.1. The van der Waals surface area contributed by atoms with Gasteiger partial charge in [-0.2, -0.15) is 0 Å². The summed E-state index contributed by atoms with van der Waals surface area (Å²) in [5.41, 5.74) is 0.356. The fourth-order valence-electron chi connectivity index (χ4n) is 2.62. The van der Waals surface area contributed by atoms with Crippen molar-refractivity contribution >= 4 is 11.8 Å². The fourth-order valence-corrected chi connectivity index (χ4v) is 2.62. The first-order valence-electron chi connectivity index (χ1n) is 6.54. The van der Waals surface area contributed by atoms with Gasteiger partial charge in [0.2, 0.25) is 0 Å². The molecule has 1 amide bonds. The molecule has 0 aromatic heterocycles. The summed E-state index contributed by atoms with van der Waals surface area (Å²) in [6, 6.07) is 3.42. The first kappa shape index (κ1) is 14.6. The Morgan fingerprint density at radius 1 is 1.40 bits per heavy atom. The van der Waals surface area contributed by atoms with Gasteiger partial charge in [-0.1, -0.05) is 6.92 Å². The second-order valence-electron chi connectivity index (χ2n) is 5.17. The van der Waals surface area contributed by atoms with Crippen molar-refractivity contribution in [1.29, 1.82) is 0 Å². The maximum atomic E-state index is 13.8. The van der Waals surface area contributed by atoms with Crippen LogP contribution in [0.15, 0.2) is 18.2 Å². The molecule has 2 rings (SSSR count). The van der Waals surface area contributed by atoms with Crippen LogP contribution in [0.2, 0.25) is 0 Å². The minimum atomic E-state index is -0.597. The highest BCUT2D eigenvalue weighted by Crippen LogP contribution is 2.26. The number of nitrogens with zero attached hydrogens (tertiary/aromatic N) is 1. The SMILES string of the molecule is COC(=O)NC1CC(C)CN(c2ccc(F)cc2F)C1. The van der Waals surface area contributed by atoms with E-state index in [0.717, 1.165) is 12.5 Å². The van der Waals surface area contributed by atoms with Crippen molar-refractivity contribution in [3.63, 3.8) is 0 Å². The third-order valence-electron chi connectivity index (χ3n) is 3.42. The lowest BCUT2D eigenvalue weighted by molar-refractivity contribution is 0.163. The number of anilines is 1. The summed E-state index contributed by atoms with van der Waals surface area (Å²) in [5, 5.41) is 2.73. The number of hydrogen-bond donors (Lipinski definition) is 1. The molecule has 1 aliphatic heterocycles. The van der Waals surface area contributed by atoms with Crippen LogP contribution < -0.4 is 10.2 Å². The summed E-state index contributed by atoms with van der Waals surface area (Å²) in [5.74, 6) is -0.896. The Kier molecular flexibility index (Phi) is 4.42. The summed E-state index contributed by atoms with van der Waals surface area (Å²) in [6.45, 7) is 3.17. The molecule has 1 aliphatic rings. The molecule has 2 atom stereocenters. The van der Waals surface area contributed by atoms with Gasteiger partial charge in [-0.3, -0.25) is 0 Å². The van der Waals surface area contributed by atoms with E-state index < -0.39 is 17.7 Å². The van der Waals surface area contributed by atoms with Crippen molar-refractivity contribution in [3.05, 3.63) is 29.8 Å². The zero-order chi connectivity index (χ0) is 14.7. The number of hydrogen-bond acceptors (Lipinski definition) is 3. The van der Waals surface area contributed by atoms with Gasteiger partial charge in [0.15, 0.2) is 0 Å². The standard InChI is InChI=1S/C14H18F2N2O2/c1-9-5-11(17-14(19)20-2)8-18(7-9)13-4-3-10(15)6-12(13)16/h3-4,6,9,11H,5,7-8H2,1-2H3,(H,17,19). The van der Waals surface area contributed by atoms with Gasteiger partial charge in [0.1, 0.15) is 11.6 Å². The summed E-state index contributed by atoms with van der Waals surface area (Å²) in [6.07, 6.45) is 0.303. The lowest BCUT2D eigenvalue weighted by Gasteiger charge is -2.38. The van der Waals surface area contributed by atoms with E-state index in [9.17, 15) is 13.6 Å². The van der Waals surface area contributed by atoms with E-state index in [1.165, 1.54) is 19.2 Å². The van der Waals surface area contributed by atoms with Crippen molar-refractivity contribution in [3.8, 4) is 0 Å². The first-order valence-corrected chi connectivity index (χ1v) is 6.54. The predicted molar refractivity (Wildman–Crippen MR) is 71.7 cm³/mol. The highest BCUT2D eigenvalue weighted by atomic mass is 19.1. The Balaban J connectivity index is 2.13. The van der Waals surface area contributed by atoms with Gasteiger partial charge in [-0.25, -0.2) is 13.6 Å². The van der Waals surface area contributed by atoms with Crippen molar-refractivity contribution in [2.45, 2.75) is 19.4 Å². The molecular weight excluding hydrogens is 266 g/mol. The highest BCUT2D eigenvalue weighted by Gasteiger charge is 2.27. The molecule has 0 spiro atoms. The molecule has 1 aromatic carbocycles. The maximum absolute atomic E-state index is 13.8. The second-order valence-corrected chi connectivity index (χ2v) is 5.17. The van der Waals surface area contributed by atoms with E-state index in [1.807, 2.05) is 11.8 Å². The van der Waals surface area contributed by atoms with Crippen LogP contribution in [0.5, 0.6) is 0 Å². The monoisotopic (exact) mass is 284 g/mol. The van der Waals surface area contributed by atoms with E-state index in [1.54, 1.807) is 0 Å². The van der Waals surface area contributed by atoms with Crippen LogP contribution in [0.1, 0.15) is 13.3 Å². The second kappa shape index (κ2) is 6.07. The molecule has 1 heterocycles. The van der Waals surface area contributed by atoms with Gasteiger partial charge < -0.3 is 15.0 Å². The number of carbonyl (C=O) groups is 1. The molecule has 0 bridgehead atoms. The number of methoxy groups -OCH3 is 1. The van der Waals surface area contributed by atoms with Gasteiger partial charge in [0.25, 0.3) is 0 Å². The minimum Gasteiger partial charge on any atom is -0.453 e. The predicted octanol–water partition coefficient (Wildman–Crippen LogP) is 2.54. The smallest absolute Gasteiger partial charge is 0.407 e. The van der Waals surface area contributed by atoms with Crippen LogP contribution in [0.25, 0.3) is 0 Å². The molecule has 2 unspecified atom stereocenters. The Morgan fingerprint density at radius 3 is 2.80 bits per heavy atom. The zero-order valence-corrected chi connectivity index (χ0v) is 11.5.